The number of thiophene rings is 1. The Morgan fingerprint density at radius 3 is 2.54 bits per heavy atom. The lowest BCUT2D eigenvalue weighted by atomic mass is 10.0. The first kappa shape index (κ1) is 22.3. The van der Waals surface area contributed by atoms with Crippen LogP contribution in [0.4, 0.5) is 4.79 Å². The van der Waals surface area contributed by atoms with E-state index in [2.05, 4.69) is 16.3 Å². The van der Waals surface area contributed by atoms with E-state index < -0.39 is 33.6 Å². The molecule has 0 bridgehead atoms. The molecule has 0 aliphatic rings. The van der Waals surface area contributed by atoms with Gasteiger partial charge in [-0.25, -0.2) is 14.1 Å². The summed E-state index contributed by atoms with van der Waals surface area (Å²) in [6, 6.07) is 0.614. The second kappa shape index (κ2) is 8.79. The molecule has 0 saturated heterocycles. The monoisotopic (exact) mass is 401 g/mol. The van der Waals surface area contributed by atoms with Crippen molar-refractivity contribution in [3.63, 3.8) is 0 Å². The van der Waals surface area contributed by atoms with Crippen LogP contribution in [-0.2, 0) is 19.4 Å². The molecular weight excluding hydrogens is 374 g/mol. The lowest BCUT2D eigenvalue weighted by Gasteiger charge is -2.23. The quantitative estimate of drug-likeness (QED) is 0.759. The Balaban J connectivity index is 3.05. The summed E-state index contributed by atoms with van der Waals surface area (Å²) in [5, 5.41) is 10.00. The first-order valence-corrected chi connectivity index (χ1v) is 10.6. The van der Waals surface area contributed by atoms with Gasteiger partial charge in [-0.05, 0) is 50.1 Å². The summed E-state index contributed by atoms with van der Waals surface area (Å²) >= 11 is 1.14. The van der Waals surface area contributed by atoms with Gasteiger partial charge >= 0.3 is 6.09 Å². The molecule has 0 spiro atoms. The van der Waals surface area contributed by atoms with Crippen molar-refractivity contribution in [2.24, 2.45) is 15.4 Å². The Bertz CT molecular complexity index is 784. The summed E-state index contributed by atoms with van der Waals surface area (Å²) in [5.41, 5.74) is 0.0444. The van der Waals surface area contributed by atoms with Gasteiger partial charge < -0.3 is 10.1 Å². The molecule has 2 atom stereocenters. The highest BCUT2D eigenvalue weighted by Crippen LogP contribution is 2.21. The maximum absolute atomic E-state index is 12.7. The molecule has 0 aliphatic carbocycles. The SMILES string of the molecule is C=Cc1csc(S(N)(=O)=NC(=O)[C@H](CC(C)C)NC(=O)OC(C)(C)C)c1. The fourth-order valence-corrected chi connectivity index (χ4v) is 4.19. The van der Waals surface area contributed by atoms with Crippen molar-refractivity contribution in [1.29, 1.82) is 0 Å². The van der Waals surface area contributed by atoms with Crippen LogP contribution in [0.2, 0.25) is 0 Å². The number of nitrogens with two attached hydrogens (primary N) is 1. The molecule has 0 fully saturated rings. The third kappa shape index (κ3) is 7.27. The van der Waals surface area contributed by atoms with Crippen LogP contribution in [0.5, 0.6) is 0 Å². The Morgan fingerprint density at radius 2 is 2.08 bits per heavy atom. The summed E-state index contributed by atoms with van der Waals surface area (Å²) in [5.74, 6) is -0.650. The minimum atomic E-state index is -3.40. The lowest BCUT2D eigenvalue weighted by Crippen LogP contribution is -2.44. The number of carbonyl (C=O) groups is 2. The number of amides is 2. The normalized spacial score (nSPS) is 15.0. The van der Waals surface area contributed by atoms with Crippen LogP contribution in [0.15, 0.2) is 26.6 Å². The van der Waals surface area contributed by atoms with Crippen molar-refractivity contribution in [3.05, 3.63) is 23.6 Å². The van der Waals surface area contributed by atoms with E-state index in [4.69, 9.17) is 9.88 Å². The molecule has 0 radical (unpaired) electrons. The molecule has 0 aromatic carbocycles. The van der Waals surface area contributed by atoms with E-state index in [1.54, 1.807) is 38.3 Å². The van der Waals surface area contributed by atoms with Gasteiger partial charge in [0.15, 0.2) is 9.92 Å². The molecule has 1 aromatic heterocycles. The predicted molar refractivity (Wildman–Crippen MR) is 105 cm³/mol. The fraction of sp³-hybridized carbons (Fsp3) is 0.529. The summed E-state index contributed by atoms with van der Waals surface area (Å²) < 4.78 is 21.8. The number of nitrogens with zero attached hydrogens (tertiary/aromatic N) is 1. The summed E-state index contributed by atoms with van der Waals surface area (Å²) in [4.78, 5) is 24.5. The smallest absolute Gasteiger partial charge is 0.408 e. The van der Waals surface area contributed by atoms with E-state index in [0.29, 0.717) is 6.42 Å². The van der Waals surface area contributed by atoms with E-state index >= 15 is 0 Å². The zero-order valence-electron chi connectivity index (χ0n) is 15.8. The molecular formula is C17H27N3O4S2. The van der Waals surface area contributed by atoms with Crippen LogP contribution < -0.4 is 10.5 Å². The average Bonchev–Trinajstić information content (AvgIpc) is 2.93. The number of ether oxygens (including phenoxy) is 1. The largest absolute Gasteiger partial charge is 0.444 e. The topological polar surface area (TPSA) is 111 Å². The van der Waals surface area contributed by atoms with Gasteiger partial charge in [0, 0.05) is 0 Å². The van der Waals surface area contributed by atoms with Crippen LogP contribution in [0.1, 0.15) is 46.6 Å². The maximum atomic E-state index is 12.7. The van der Waals surface area contributed by atoms with Gasteiger partial charge in [-0.1, -0.05) is 26.5 Å². The molecule has 146 valence electrons. The molecule has 2 amide bonds. The average molecular weight is 402 g/mol. The van der Waals surface area contributed by atoms with Gasteiger partial charge in [0.05, 0.1) is 0 Å². The van der Waals surface area contributed by atoms with E-state index in [9.17, 15) is 13.8 Å². The fourth-order valence-electron chi connectivity index (χ4n) is 1.98. The highest BCUT2D eigenvalue weighted by atomic mass is 32.2. The molecule has 1 rings (SSSR count). The zero-order chi connectivity index (χ0) is 20.1. The van der Waals surface area contributed by atoms with E-state index in [-0.39, 0.29) is 10.1 Å². The van der Waals surface area contributed by atoms with Crippen LogP contribution in [0.25, 0.3) is 6.08 Å². The molecule has 1 unspecified atom stereocenters. The first-order valence-electron chi connectivity index (χ1n) is 8.13. The van der Waals surface area contributed by atoms with Gasteiger partial charge in [-0.2, -0.15) is 0 Å². The minimum Gasteiger partial charge on any atom is -0.444 e. The number of carbonyl (C=O) groups excluding carboxylic acids is 2. The van der Waals surface area contributed by atoms with E-state index in [1.165, 1.54) is 0 Å². The Labute approximate surface area is 159 Å². The number of hydrogen-bond acceptors (Lipinski definition) is 5. The van der Waals surface area contributed by atoms with Gasteiger partial charge in [-0.15, -0.1) is 15.7 Å². The number of nitrogens with one attached hydrogen (secondary N) is 1. The highest BCUT2D eigenvalue weighted by Gasteiger charge is 2.26. The second-order valence-electron chi connectivity index (χ2n) is 7.23. The second-order valence-corrected chi connectivity index (χ2v) is 10.2. The minimum absolute atomic E-state index is 0.0945. The number of rotatable bonds is 6. The third-order valence-corrected chi connectivity index (χ3v) is 5.93. The first-order chi connectivity index (χ1) is 11.8. The van der Waals surface area contributed by atoms with Crippen molar-refractivity contribution in [1.82, 2.24) is 5.32 Å². The zero-order valence-corrected chi connectivity index (χ0v) is 17.4. The standard InChI is InChI=1S/C17H27N3O4S2/c1-7-12-9-14(25-10-12)26(18,23)20-15(21)13(8-11(2)3)19-16(22)24-17(4,5)6/h7,9-11,13H,1,8H2,2-6H3,(H,19,22)(H2,18,20,21,23)/t13-,26?/m0/s1. The van der Waals surface area contributed by atoms with Gasteiger partial charge in [-0.3, -0.25) is 4.79 Å². The van der Waals surface area contributed by atoms with Crippen LogP contribution in [0, 0.1) is 5.92 Å². The van der Waals surface area contributed by atoms with Crippen molar-refractivity contribution in [2.45, 2.75) is 56.9 Å². The summed E-state index contributed by atoms with van der Waals surface area (Å²) in [6.45, 7) is 12.6. The molecule has 3 N–H and O–H groups in total. The van der Waals surface area contributed by atoms with Gasteiger partial charge in [0.25, 0.3) is 5.91 Å². The number of alkyl carbamates (subject to hydrolysis) is 1. The lowest BCUT2D eigenvalue weighted by molar-refractivity contribution is -0.120. The van der Waals surface area contributed by atoms with E-state index in [1.807, 2.05) is 13.8 Å². The van der Waals surface area contributed by atoms with Crippen molar-refractivity contribution < 1.29 is 18.5 Å². The Hall–Kier alpha value is -1.71. The third-order valence-electron chi connectivity index (χ3n) is 3.04. The Kier molecular flexibility index (Phi) is 7.55. The molecule has 7 nitrogen and oxygen atoms in total. The highest BCUT2D eigenvalue weighted by molar-refractivity contribution is 7.93. The molecule has 0 aliphatic heterocycles. The molecule has 1 heterocycles. The van der Waals surface area contributed by atoms with Crippen LogP contribution in [0.3, 0.4) is 0 Å². The maximum Gasteiger partial charge on any atom is 0.408 e. The van der Waals surface area contributed by atoms with Gasteiger partial charge in [0.2, 0.25) is 0 Å². The molecule has 26 heavy (non-hydrogen) atoms. The van der Waals surface area contributed by atoms with Gasteiger partial charge in [0.1, 0.15) is 15.9 Å². The summed E-state index contributed by atoms with van der Waals surface area (Å²) in [7, 11) is -3.40. The van der Waals surface area contributed by atoms with Crippen LogP contribution >= 0.6 is 11.3 Å². The molecule has 1 aromatic rings. The van der Waals surface area contributed by atoms with Crippen molar-refractivity contribution in [3.8, 4) is 0 Å². The molecule has 0 saturated carbocycles. The predicted octanol–water partition coefficient (Wildman–Crippen LogP) is 3.56. The van der Waals surface area contributed by atoms with Crippen LogP contribution in [-0.4, -0.2) is 27.9 Å². The van der Waals surface area contributed by atoms with E-state index in [0.717, 1.165) is 16.9 Å². The van der Waals surface area contributed by atoms with Crippen molar-refractivity contribution >= 4 is 39.3 Å². The molecule has 9 heteroatoms. The van der Waals surface area contributed by atoms with Crippen molar-refractivity contribution in [2.75, 3.05) is 0 Å². The summed E-state index contributed by atoms with van der Waals surface area (Å²) in [6.07, 6.45) is 1.17. The Morgan fingerprint density at radius 1 is 1.46 bits per heavy atom. The number of hydrogen-bond donors (Lipinski definition) is 2.